The van der Waals surface area contributed by atoms with E-state index in [1.165, 1.54) is 0 Å². The first-order valence-electron chi connectivity index (χ1n) is 8.64. The predicted molar refractivity (Wildman–Crippen MR) is 150 cm³/mol. The van der Waals surface area contributed by atoms with Gasteiger partial charge in [0.1, 0.15) is 20.4 Å². The molecule has 2 N–H and O–H groups in total. The normalized spacial score (nSPS) is 15.1. The molecule has 2 aliphatic rings. The van der Waals surface area contributed by atoms with Crippen LogP contribution in [0.5, 0.6) is 23.0 Å². The van der Waals surface area contributed by atoms with Gasteiger partial charge in [0.25, 0.3) is 0 Å². The van der Waals surface area contributed by atoms with E-state index in [-0.39, 0.29) is 31.9 Å². The van der Waals surface area contributed by atoms with Crippen LogP contribution in [-0.4, -0.2) is 16.2 Å². The SMILES string of the molecule is O=C1OC2(c3c(Br)c(Br)c(O)c(Br)c3Oc3c(Br)c(O)c(Br)c(Br)c32)c2c(Br)ccc(Br)c21. The number of fused-ring (bicyclic) bond motifs is 6. The summed E-state index contributed by atoms with van der Waals surface area (Å²) in [5, 5.41) is 21.4. The summed E-state index contributed by atoms with van der Waals surface area (Å²) in [6.45, 7) is 0. The third-order valence-electron chi connectivity index (χ3n) is 5.32. The molecule has 2 heterocycles. The standard InChI is InChI=1S/C20H4Br8O5/c21-3-1-2-4(22)6-5(3)19(31)33-20(6)7-9(23)11(25)15(29)13(27)17(7)32-18-8(20)10(24)12(26)16(30)14(18)28/h1-2,29-30H. The molecule has 3 aromatic carbocycles. The summed E-state index contributed by atoms with van der Waals surface area (Å²) in [6, 6.07) is 3.55. The van der Waals surface area contributed by atoms with Gasteiger partial charge >= 0.3 is 5.97 Å². The predicted octanol–water partition coefficient (Wildman–Crippen LogP) is 9.77. The maximum Gasteiger partial charge on any atom is 0.341 e. The van der Waals surface area contributed by atoms with Crippen molar-refractivity contribution in [3.05, 3.63) is 70.2 Å². The highest BCUT2D eigenvalue weighted by molar-refractivity contribution is 9.13. The molecule has 13 heteroatoms. The van der Waals surface area contributed by atoms with Crippen molar-refractivity contribution in [1.82, 2.24) is 0 Å². The molecule has 5 rings (SSSR count). The lowest BCUT2D eigenvalue weighted by atomic mass is 9.77. The Bertz CT molecular complexity index is 1380. The zero-order chi connectivity index (χ0) is 24.1. The second-order valence-corrected chi connectivity index (χ2v) is 13.4. The van der Waals surface area contributed by atoms with Gasteiger partial charge in [0, 0.05) is 23.5 Å². The van der Waals surface area contributed by atoms with Gasteiger partial charge in [0.2, 0.25) is 0 Å². The van der Waals surface area contributed by atoms with Crippen molar-refractivity contribution in [2.75, 3.05) is 0 Å². The highest BCUT2D eigenvalue weighted by Crippen LogP contribution is 2.67. The van der Waals surface area contributed by atoms with Crippen molar-refractivity contribution in [2.45, 2.75) is 5.60 Å². The van der Waals surface area contributed by atoms with Crippen molar-refractivity contribution < 1.29 is 24.5 Å². The van der Waals surface area contributed by atoms with Crippen molar-refractivity contribution in [3.8, 4) is 23.0 Å². The molecule has 2 aliphatic heterocycles. The Hall–Kier alpha value is 0.370. The number of carbonyl (C=O) groups excluding carboxylic acids is 1. The van der Waals surface area contributed by atoms with E-state index in [9.17, 15) is 15.0 Å². The number of ether oxygens (including phenoxy) is 2. The number of phenols is 2. The van der Waals surface area contributed by atoms with E-state index in [1.54, 1.807) is 12.1 Å². The van der Waals surface area contributed by atoms with Crippen LogP contribution in [0.4, 0.5) is 0 Å². The van der Waals surface area contributed by atoms with Crippen LogP contribution in [0, 0.1) is 0 Å². The molecule has 5 nitrogen and oxygen atoms in total. The Labute approximate surface area is 253 Å². The summed E-state index contributed by atoms with van der Waals surface area (Å²) in [6.07, 6.45) is 0. The van der Waals surface area contributed by atoms with Crippen molar-refractivity contribution in [3.63, 3.8) is 0 Å². The van der Waals surface area contributed by atoms with E-state index >= 15 is 0 Å². The molecule has 0 aromatic heterocycles. The maximum atomic E-state index is 13.3. The monoisotopic (exact) mass is 955 g/mol. The molecule has 3 aromatic rings. The summed E-state index contributed by atoms with van der Waals surface area (Å²) in [4.78, 5) is 13.3. The second-order valence-electron chi connectivity index (χ2n) is 6.94. The average molecular weight is 963 g/mol. The van der Waals surface area contributed by atoms with Crippen molar-refractivity contribution >= 4 is 133 Å². The Morgan fingerprint density at radius 1 is 0.636 bits per heavy atom. The quantitative estimate of drug-likeness (QED) is 0.174. The van der Waals surface area contributed by atoms with Crippen LogP contribution in [0.1, 0.15) is 27.0 Å². The molecule has 0 unspecified atom stereocenters. The first-order valence-corrected chi connectivity index (χ1v) is 15.0. The van der Waals surface area contributed by atoms with E-state index < -0.39 is 11.6 Å². The first-order chi connectivity index (χ1) is 15.4. The molecular formula is C20H4Br8O5. The molecule has 0 saturated carbocycles. The fraction of sp³-hybridized carbons (Fsp3) is 0.0500. The number of aromatic hydroxyl groups is 2. The zero-order valence-electron chi connectivity index (χ0n) is 15.3. The lowest BCUT2D eigenvalue weighted by Crippen LogP contribution is -2.35. The van der Waals surface area contributed by atoms with Gasteiger partial charge in [0.05, 0.1) is 25.6 Å². The second kappa shape index (κ2) is 8.46. The number of benzene rings is 3. The summed E-state index contributed by atoms with van der Waals surface area (Å²) in [5.74, 6) is -0.382. The Morgan fingerprint density at radius 3 is 1.58 bits per heavy atom. The Balaban J connectivity index is 2.10. The summed E-state index contributed by atoms with van der Waals surface area (Å²) >= 11 is 27.9. The Morgan fingerprint density at radius 2 is 1.09 bits per heavy atom. The van der Waals surface area contributed by atoms with Crippen LogP contribution in [0.3, 0.4) is 0 Å². The third kappa shape index (κ3) is 3.21. The molecule has 0 atom stereocenters. The minimum atomic E-state index is -1.53. The lowest BCUT2D eigenvalue weighted by molar-refractivity contribution is 0.0216. The number of phenolic OH excluding ortho intramolecular Hbond substituents is 2. The summed E-state index contributed by atoms with van der Waals surface area (Å²) in [5.41, 5.74) is 0.198. The van der Waals surface area contributed by atoms with E-state index in [4.69, 9.17) is 9.47 Å². The van der Waals surface area contributed by atoms with E-state index in [2.05, 4.69) is 127 Å². The number of rotatable bonds is 0. The molecule has 0 aliphatic carbocycles. The van der Waals surface area contributed by atoms with Crippen LogP contribution in [-0.2, 0) is 10.3 Å². The van der Waals surface area contributed by atoms with Gasteiger partial charge in [-0.05, 0) is 124 Å². The van der Waals surface area contributed by atoms with Crippen LogP contribution < -0.4 is 4.74 Å². The van der Waals surface area contributed by atoms with Gasteiger partial charge < -0.3 is 19.7 Å². The van der Waals surface area contributed by atoms with Crippen LogP contribution >= 0.6 is 127 Å². The van der Waals surface area contributed by atoms with Crippen molar-refractivity contribution in [1.29, 1.82) is 0 Å². The lowest BCUT2D eigenvalue weighted by Gasteiger charge is -2.39. The number of hydrogen-bond donors (Lipinski definition) is 2. The molecule has 0 amide bonds. The summed E-state index contributed by atoms with van der Waals surface area (Å²) in [7, 11) is 0. The molecular weight excluding hydrogens is 959 g/mol. The first kappa shape index (κ1) is 25.0. The van der Waals surface area contributed by atoms with Crippen molar-refractivity contribution in [2.24, 2.45) is 0 Å². The fourth-order valence-electron chi connectivity index (χ4n) is 3.99. The molecule has 0 saturated heterocycles. The molecule has 33 heavy (non-hydrogen) atoms. The molecule has 0 fully saturated rings. The topological polar surface area (TPSA) is 76.0 Å². The largest absolute Gasteiger partial charge is 0.505 e. The molecule has 0 radical (unpaired) electrons. The third-order valence-corrected chi connectivity index (χ3v) is 12.3. The number of carbonyl (C=O) groups is 1. The van der Waals surface area contributed by atoms with Gasteiger partial charge in [-0.25, -0.2) is 4.79 Å². The zero-order valence-corrected chi connectivity index (χ0v) is 28.0. The fourth-order valence-corrected chi connectivity index (χ4v) is 8.67. The Kier molecular flexibility index (Phi) is 6.42. The highest BCUT2D eigenvalue weighted by Gasteiger charge is 2.59. The van der Waals surface area contributed by atoms with Gasteiger partial charge in [0.15, 0.2) is 17.1 Å². The van der Waals surface area contributed by atoms with E-state index in [0.29, 0.717) is 49.1 Å². The van der Waals surface area contributed by atoms with Gasteiger partial charge in [-0.1, -0.05) is 15.9 Å². The maximum absolute atomic E-state index is 13.3. The number of hydrogen-bond acceptors (Lipinski definition) is 5. The van der Waals surface area contributed by atoms with Gasteiger partial charge in [-0.2, -0.15) is 0 Å². The smallest absolute Gasteiger partial charge is 0.341 e. The van der Waals surface area contributed by atoms with E-state index in [1.807, 2.05) is 0 Å². The van der Waals surface area contributed by atoms with Crippen LogP contribution in [0.25, 0.3) is 0 Å². The van der Waals surface area contributed by atoms with E-state index in [0.717, 1.165) is 0 Å². The molecule has 170 valence electrons. The minimum absolute atomic E-state index is 0.117. The summed E-state index contributed by atoms with van der Waals surface area (Å²) < 4.78 is 15.6. The number of halogens is 8. The van der Waals surface area contributed by atoms with Gasteiger partial charge in [-0.3, -0.25) is 0 Å². The molecule has 1 spiro atoms. The highest BCUT2D eigenvalue weighted by atomic mass is 79.9. The van der Waals surface area contributed by atoms with Crippen LogP contribution in [0.15, 0.2) is 47.9 Å². The average Bonchev–Trinajstić information content (AvgIpc) is 3.08. The van der Waals surface area contributed by atoms with Crippen LogP contribution in [0.2, 0.25) is 0 Å². The van der Waals surface area contributed by atoms with Gasteiger partial charge in [-0.15, -0.1) is 0 Å². The number of esters is 1. The minimum Gasteiger partial charge on any atom is -0.505 e. The molecule has 0 bridgehead atoms.